The molecule has 0 unspecified atom stereocenters. The molecule has 0 spiro atoms. The molecule has 0 aliphatic carbocycles. The lowest BCUT2D eigenvalue weighted by Crippen LogP contribution is -2.22. The number of rotatable bonds is 7. The molecule has 3 aromatic carbocycles. The summed E-state index contributed by atoms with van der Waals surface area (Å²) in [5, 5.41) is 2.47. The Hall–Kier alpha value is -2.66. The predicted octanol–water partition coefficient (Wildman–Crippen LogP) is 6.48. The number of carbonyl (C=O) groups is 1. The molecule has 0 atom stereocenters. The number of hydrogen-bond acceptors (Lipinski definition) is 4. The molecule has 6 nitrogen and oxygen atoms in total. The van der Waals surface area contributed by atoms with E-state index in [2.05, 4.69) is 10.0 Å². The lowest BCUT2D eigenvalue weighted by atomic mass is 10.1. The molecule has 0 aliphatic heterocycles. The van der Waals surface area contributed by atoms with Crippen molar-refractivity contribution in [2.45, 2.75) is 11.1 Å². The van der Waals surface area contributed by atoms with Gasteiger partial charge < -0.3 is 10.1 Å². The number of carbonyl (C=O) groups excluding carboxylic acids is 1. The zero-order chi connectivity index (χ0) is 25.1. The summed E-state index contributed by atoms with van der Waals surface area (Å²) >= 11 is 17.3. The maximum Gasteiger partial charge on any atom is 0.418 e. The summed E-state index contributed by atoms with van der Waals surface area (Å²) in [4.78, 5) is 12.0. The van der Waals surface area contributed by atoms with Crippen LogP contribution in [-0.2, 0) is 21.0 Å². The van der Waals surface area contributed by atoms with Gasteiger partial charge in [0.05, 0.1) is 21.8 Å². The number of benzene rings is 3. The first kappa shape index (κ1) is 26.0. The number of alkyl halides is 3. The Bertz CT molecular complexity index is 1300. The first-order valence-corrected chi connectivity index (χ1v) is 11.8. The fraction of sp³-hybridized carbons (Fsp3) is 0.0952. The van der Waals surface area contributed by atoms with Crippen LogP contribution in [0.15, 0.2) is 65.6 Å². The van der Waals surface area contributed by atoms with Crippen LogP contribution < -0.4 is 14.8 Å². The Morgan fingerprint density at radius 3 is 2.09 bits per heavy atom. The molecular formula is C21H14Cl3F3N2O4S. The quantitative estimate of drug-likeness (QED) is 0.351. The molecule has 0 saturated carbocycles. The largest absolute Gasteiger partial charge is 0.484 e. The Kier molecular flexibility index (Phi) is 7.87. The zero-order valence-corrected chi connectivity index (χ0v) is 19.9. The van der Waals surface area contributed by atoms with Crippen molar-refractivity contribution >= 4 is 62.1 Å². The Morgan fingerprint density at radius 1 is 0.882 bits per heavy atom. The highest BCUT2D eigenvalue weighted by Crippen LogP contribution is 2.36. The third-order valence-corrected chi connectivity index (χ3v) is 6.25. The maximum atomic E-state index is 13.1. The van der Waals surface area contributed by atoms with Crippen LogP contribution in [0.3, 0.4) is 0 Å². The number of amides is 1. The summed E-state index contributed by atoms with van der Waals surface area (Å²) in [6.45, 7) is -0.620. The highest BCUT2D eigenvalue weighted by Gasteiger charge is 2.34. The van der Waals surface area contributed by atoms with Gasteiger partial charge in [0, 0.05) is 15.1 Å². The van der Waals surface area contributed by atoms with E-state index in [4.69, 9.17) is 39.5 Å². The van der Waals surface area contributed by atoms with Crippen molar-refractivity contribution in [3.8, 4) is 5.75 Å². The molecule has 0 aromatic heterocycles. The molecule has 180 valence electrons. The number of hydrogen-bond donors (Lipinski definition) is 2. The van der Waals surface area contributed by atoms with Gasteiger partial charge in [-0.15, -0.1) is 0 Å². The van der Waals surface area contributed by atoms with E-state index in [1.165, 1.54) is 48.5 Å². The fourth-order valence-corrected chi connectivity index (χ4v) is 4.48. The summed E-state index contributed by atoms with van der Waals surface area (Å²) in [6.07, 6.45) is -4.72. The van der Waals surface area contributed by atoms with Crippen LogP contribution in [0.5, 0.6) is 5.75 Å². The van der Waals surface area contributed by atoms with E-state index >= 15 is 0 Å². The van der Waals surface area contributed by atoms with Crippen molar-refractivity contribution in [3.63, 3.8) is 0 Å². The van der Waals surface area contributed by atoms with Crippen molar-refractivity contribution in [1.29, 1.82) is 0 Å². The van der Waals surface area contributed by atoms with Crippen LogP contribution in [0.2, 0.25) is 15.1 Å². The van der Waals surface area contributed by atoms with Gasteiger partial charge in [0.15, 0.2) is 6.61 Å². The van der Waals surface area contributed by atoms with E-state index in [1.54, 1.807) is 0 Å². The molecule has 3 rings (SSSR count). The third-order valence-electron chi connectivity index (χ3n) is 4.18. The molecule has 34 heavy (non-hydrogen) atoms. The minimum Gasteiger partial charge on any atom is -0.484 e. The second-order valence-electron chi connectivity index (χ2n) is 6.76. The average molecular weight is 554 g/mol. The lowest BCUT2D eigenvalue weighted by molar-refractivity contribution is -0.137. The predicted molar refractivity (Wildman–Crippen MR) is 124 cm³/mol. The maximum absolute atomic E-state index is 13.1. The first-order chi connectivity index (χ1) is 15.8. The summed E-state index contributed by atoms with van der Waals surface area (Å²) in [5.74, 6) is -0.740. The lowest BCUT2D eigenvalue weighted by Gasteiger charge is -2.14. The van der Waals surface area contributed by atoms with Gasteiger partial charge in [-0.3, -0.25) is 9.52 Å². The third kappa shape index (κ3) is 6.92. The SMILES string of the molecule is O=C(COc1ccc(S(=O)(=O)Nc2cc(Cl)cc(Cl)c2)cc1)Nc1ccc(Cl)cc1C(F)(F)F. The first-order valence-electron chi connectivity index (χ1n) is 9.22. The molecule has 0 aliphatic rings. The van der Waals surface area contributed by atoms with Crippen molar-refractivity contribution in [3.05, 3.63) is 81.3 Å². The molecule has 3 aromatic rings. The zero-order valence-electron chi connectivity index (χ0n) is 16.8. The van der Waals surface area contributed by atoms with Gasteiger partial charge >= 0.3 is 6.18 Å². The fourth-order valence-electron chi connectivity index (χ4n) is 2.74. The average Bonchev–Trinajstić information content (AvgIpc) is 2.72. The second-order valence-corrected chi connectivity index (χ2v) is 9.75. The monoisotopic (exact) mass is 552 g/mol. The highest BCUT2D eigenvalue weighted by molar-refractivity contribution is 7.92. The normalized spacial score (nSPS) is 11.7. The van der Waals surface area contributed by atoms with Gasteiger partial charge in [-0.25, -0.2) is 8.42 Å². The summed E-state index contributed by atoms with van der Waals surface area (Å²) in [5.41, 5.74) is -1.41. The van der Waals surface area contributed by atoms with Gasteiger partial charge in [0.25, 0.3) is 15.9 Å². The van der Waals surface area contributed by atoms with Crippen LogP contribution in [0.4, 0.5) is 24.5 Å². The topological polar surface area (TPSA) is 84.5 Å². The van der Waals surface area contributed by atoms with Crippen LogP contribution in [0.1, 0.15) is 5.56 Å². The van der Waals surface area contributed by atoms with Crippen molar-refractivity contribution in [2.75, 3.05) is 16.6 Å². The van der Waals surface area contributed by atoms with E-state index in [0.717, 1.165) is 6.07 Å². The molecule has 2 N–H and O–H groups in total. The molecule has 1 amide bonds. The number of halogens is 6. The molecule has 0 saturated heterocycles. The van der Waals surface area contributed by atoms with E-state index in [1.807, 2.05) is 0 Å². The van der Waals surface area contributed by atoms with Gasteiger partial charge in [-0.1, -0.05) is 34.8 Å². The van der Waals surface area contributed by atoms with E-state index in [9.17, 15) is 26.4 Å². The number of anilines is 2. The van der Waals surface area contributed by atoms with Crippen LogP contribution in [-0.4, -0.2) is 20.9 Å². The van der Waals surface area contributed by atoms with E-state index in [0.29, 0.717) is 6.07 Å². The Balaban J connectivity index is 1.63. The van der Waals surface area contributed by atoms with Crippen LogP contribution in [0, 0.1) is 0 Å². The summed E-state index contributed by atoms with van der Waals surface area (Å²) < 4.78 is 72.0. The van der Waals surface area contributed by atoms with Crippen molar-refractivity contribution in [2.24, 2.45) is 0 Å². The molecule has 0 heterocycles. The van der Waals surface area contributed by atoms with E-state index in [-0.39, 0.29) is 31.4 Å². The van der Waals surface area contributed by atoms with Gasteiger partial charge in [0.2, 0.25) is 0 Å². The number of sulfonamides is 1. The summed E-state index contributed by atoms with van der Waals surface area (Å²) in [7, 11) is -3.98. The molecule has 0 radical (unpaired) electrons. The number of ether oxygens (including phenoxy) is 1. The highest BCUT2D eigenvalue weighted by atomic mass is 35.5. The molecule has 0 bridgehead atoms. The van der Waals surface area contributed by atoms with Crippen molar-refractivity contribution < 1.29 is 31.1 Å². The Morgan fingerprint density at radius 2 is 1.50 bits per heavy atom. The van der Waals surface area contributed by atoms with Crippen LogP contribution in [0.25, 0.3) is 0 Å². The molecular weight excluding hydrogens is 540 g/mol. The minimum atomic E-state index is -4.72. The van der Waals surface area contributed by atoms with E-state index < -0.39 is 40.0 Å². The molecule has 13 heteroatoms. The molecule has 0 fully saturated rings. The van der Waals surface area contributed by atoms with Crippen LogP contribution >= 0.6 is 34.8 Å². The van der Waals surface area contributed by atoms with Gasteiger partial charge in [-0.2, -0.15) is 13.2 Å². The standard InChI is InChI=1S/C21H14Cl3F3N2O4S/c22-12-1-6-19(18(10-12)21(25,26)27)28-20(30)11-33-16-2-4-17(5-3-16)34(31,32)29-15-8-13(23)7-14(24)9-15/h1-10,29H,11H2,(H,28,30). The number of nitrogens with one attached hydrogen (secondary N) is 2. The van der Waals surface area contributed by atoms with Gasteiger partial charge in [-0.05, 0) is 60.7 Å². The van der Waals surface area contributed by atoms with Crippen molar-refractivity contribution in [1.82, 2.24) is 0 Å². The van der Waals surface area contributed by atoms with Gasteiger partial charge in [0.1, 0.15) is 5.75 Å². The minimum absolute atomic E-state index is 0.114. The second kappa shape index (κ2) is 10.3. The smallest absolute Gasteiger partial charge is 0.418 e. The summed E-state index contributed by atoms with van der Waals surface area (Å²) in [6, 6.07) is 12.2. The Labute approximate surface area is 207 Å².